The summed E-state index contributed by atoms with van der Waals surface area (Å²) in [6.07, 6.45) is 5.95. The minimum absolute atomic E-state index is 0.0327. The fraction of sp³-hybridized carbons (Fsp3) is 0.375. The number of guanidine groups is 1. The van der Waals surface area contributed by atoms with Crippen molar-refractivity contribution in [1.82, 2.24) is 5.32 Å². The van der Waals surface area contributed by atoms with Crippen molar-refractivity contribution in [2.24, 2.45) is 10.7 Å². The maximum Gasteiger partial charge on any atom is 0.328 e. The molecule has 112 valence electrons. The second-order valence-electron chi connectivity index (χ2n) is 4.73. The highest BCUT2D eigenvalue weighted by atomic mass is 16.2. The van der Waals surface area contributed by atoms with Crippen LogP contribution >= 0.6 is 0 Å². The van der Waals surface area contributed by atoms with E-state index >= 15 is 0 Å². The number of hydrogen-bond acceptors (Lipinski definition) is 2. The summed E-state index contributed by atoms with van der Waals surface area (Å²) < 4.78 is 0. The molecule has 2 amide bonds. The van der Waals surface area contributed by atoms with E-state index in [4.69, 9.17) is 12.2 Å². The fourth-order valence-electron chi connectivity index (χ4n) is 2.12. The van der Waals surface area contributed by atoms with E-state index in [2.05, 4.69) is 16.2 Å². The van der Waals surface area contributed by atoms with Crippen LogP contribution in [-0.2, 0) is 0 Å². The largest absolute Gasteiger partial charge is 0.370 e. The Kier molecular flexibility index (Phi) is 6.28. The van der Waals surface area contributed by atoms with Crippen LogP contribution in [0.2, 0.25) is 0 Å². The Morgan fingerprint density at radius 3 is 2.57 bits per heavy atom. The number of aliphatic imine (C=N–C) groups is 1. The Balaban J connectivity index is 3.02. The Hall–Kier alpha value is -2.48. The van der Waals surface area contributed by atoms with E-state index in [-0.39, 0.29) is 18.5 Å². The average Bonchev–Trinajstić information content (AvgIpc) is 2.43. The number of nitrogens with one attached hydrogen (secondary N) is 1. The van der Waals surface area contributed by atoms with Gasteiger partial charge in [-0.25, -0.2) is 9.79 Å². The van der Waals surface area contributed by atoms with Crippen molar-refractivity contribution < 1.29 is 4.79 Å². The fourth-order valence-corrected chi connectivity index (χ4v) is 2.12. The lowest BCUT2D eigenvalue weighted by atomic mass is 10.1. The Labute approximate surface area is 126 Å². The molecule has 0 saturated heterocycles. The second-order valence-corrected chi connectivity index (χ2v) is 4.73. The van der Waals surface area contributed by atoms with Gasteiger partial charge in [-0.15, -0.1) is 6.42 Å². The van der Waals surface area contributed by atoms with E-state index in [1.807, 2.05) is 39.0 Å². The van der Waals surface area contributed by atoms with E-state index in [0.29, 0.717) is 6.54 Å². The molecule has 0 unspecified atom stereocenters. The molecule has 0 bridgehead atoms. The molecule has 0 heterocycles. The quantitative estimate of drug-likeness (QED) is 0.506. The van der Waals surface area contributed by atoms with Crippen molar-refractivity contribution in [1.29, 1.82) is 0 Å². The number of nitrogens with zero attached hydrogens (tertiary/aromatic N) is 2. The summed E-state index contributed by atoms with van der Waals surface area (Å²) in [5.41, 5.74) is 8.63. The molecule has 1 rings (SSSR count). The van der Waals surface area contributed by atoms with Gasteiger partial charge in [-0.2, -0.15) is 0 Å². The molecule has 0 spiro atoms. The van der Waals surface area contributed by atoms with Crippen LogP contribution in [0, 0.1) is 26.2 Å². The Bertz CT molecular complexity index is 552. The van der Waals surface area contributed by atoms with Gasteiger partial charge in [0, 0.05) is 6.54 Å². The lowest BCUT2D eigenvalue weighted by Crippen LogP contribution is -2.47. The lowest BCUT2D eigenvalue weighted by molar-refractivity contribution is 0.250. The molecule has 1 aromatic carbocycles. The van der Waals surface area contributed by atoms with E-state index in [0.717, 1.165) is 23.2 Å². The average molecular weight is 286 g/mol. The molecule has 0 aliphatic heterocycles. The first kappa shape index (κ1) is 16.6. The minimum Gasteiger partial charge on any atom is -0.370 e. The van der Waals surface area contributed by atoms with E-state index in [1.54, 1.807) is 4.90 Å². The zero-order valence-electron chi connectivity index (χ0n) is 12.8. The molecular formula is C16H22N4O. The van der Waals surface area contributed by atoms with Crippen LogP contribution in [-0.4, -0.2) is 25.1 Å². The van der Waals surface area contributed by atoms with Gasteiger partial charge in [-0.1, -0.05) is 31.0 Å². The van der Waals surface area contributed by atoms with Crippen LogP contribution in [0.25, 0.3) is 0 Å². The number of carbonyl (C=O) groups is 1. The molecule has 0 radical (unpaired) electrons. The zero-order chi connectivity index (χ0) is 15.8. The number of amides is 2. The van der Waals surface area contributed by atoms with Gasteiger partial charge in [0.15, 0.2) is 5.96 Å². The highest BCUT2D eigenvalue weighted by Gasteiger charge is 2.19. The molecule has 3 N–H and O–H groups in total. The third-order valence-corrected chi connectivity index (χ3v) is 2.98. The summed E-state index contributed by atoms with van der Waals surface area (Å²) in [5, 5.41) is 2.57. The number of para-hydroxylation sites is 1. The summed E-state index contributed by atoms with van der Waals surface area (Å²) in [7, 11) is 0. The number of aryl methyl sites for hydroxylation is 2. The van der Waals surface area contributed by atoms with Crippen molar-refractivity contribution in [2.75, 3.05) is 18.0 Å². The van der Waals surface area contributed by atoms with Crippen LogP contribution in [0.3, 0.4) is 0 Å². The van der Waals surface area contributed by atoms with Gasteiger partial charge in [0.05, 0.1) is 5.69 Å². The van der Waals surface area contributed by atoms with Gasteiger partial charge in [-0.3, -0.25) is 10.2 Å². The molecule has 0 aliphatic carbocycles. The summed E-state index contributed by atoms with van der Waals surface area (Å²) in [6.45, 7) is 6.72. The predicted molar refractivity (Wildman–Crippen MR) is 87.4 cm³/mol. The SMILES string of the molecule is C#CCN=C(N)NC(=O)N(CCC)c1c(C)cccc1C. The number of rotatable bonds is 4. The van der Waals surface area contributed by atoms with Crippen molar-refractivity contribution in [3.63, 3.8) is 0 Å². The van der Waals surface area contributed by atoms with Crippen LogP contribution in [0.4, 0.5) is 10.5 Å². The standard InChI is InChI=1S/C16H22N4O/c1-5-10-18-15(17)19-16(21)20(11-6-2)14-12(3)8-7-9-13(14)4/h1,7-9H,6,10-11H2,2-4H3,(H3,17,18,19,21). The van der Waals surface area contributed by atoms with Gasteiger partial charge in [0.25, 0.3) is 0 Å². The molecule has 0 aromatic heterocycles. The van der Waals surface area contributed by atoms with Gasteiger partial charge in [-0.05, 0) is 31.4 Å². The highest BCUT2D eigenvalue weighted by molar-refractivity contribution is 6.04. The number of urea groups is 1. The molecule has 0 atom stereocenters. The topological polar surface area (TPSA) is 70.7 Å². The van der Waals surface area contributed by atoms with Gasteiger partial charge < -0.3 is 5.73 Å². The molecule has 0 fully saturated rings. The van der Waals surface area contributed by atoms with Crippen LogP contribution in [0.5, 0.6) is 0 Å². The van der Waals surface area contributed by atoms with Crippen molar-refractivity contribution in [3.05, 3.63) is 29.3 Å². The highest BCUT2D eigenvalue weighted by Crippen LogP contribution is 2.24. The summed E-state index contributed by atoms with van der Waals surface area (Å²) in [5.74, 6) is 2.38. The molecule has 21 heavy (non-hydrogen) atoms. The first-order valence-electron chi connectivity index (χ1n) is 6.89. The predicted octanol–water partition coefficient (Wildman–Crippen LogP) is 2.18. The molecule has 0 saturated carbocycles. The molecule has 0 aliphatic rings. The van der Waals surface area contributed by atoms with E-state index in [1.165, 1.54) is 0 Å². The maximum absolute atomic E-state index is 12.4. The maximum atomic E-state index is 12.4. The first-order valence-corrected chi connectivity index (χ1v) is 6.89. The number of carbonyl (C=O) groups excluding carboxylic acids is 1. The van der Waals surface area contributed by atoms with Gasteiger partial charge >= 0.3 is 6.03 Å². The summed E-state index contributed by atoms with van der Waals surface area (Å²) in [4.78, 5) is 18.0. The number of nitrogens with two attached hydrogens (primary N) is 1. The van der Waals surface area contributed by atoms with Crippen molar-refractivity contribution >= 4 is 17.7 Å². The van der Waals surface area contributed by atoms with Crippen molar-refractivity contribution in [2.45, 2.75) is 27.2 Å². The monoisotopic (exact) mass is 286 g/mol. The van der Waals surface area contributed by atoms with Gasteiger partial charge in [0.1, 0.15) is 6.54 Å². The van der Waals surface area contributed by atoms with Gasteiger partial charge in [0.2, 0.25) is 0 Å². The van der Waals surface area contributed by atoms with Crippen LogP contribution in [0.15, 0.2) is 23.2 Å². The Morgan fingerprint density at radius 1 is 1.43 bits per heavy atom. The third kappa shape index (κ3) is 4.53. The molecular weight excluding hydrogens is 264 g/mol. The Morgan fingerprint density at radius 2 is 2.05 bits per heavy atom. The first-order chi connectivity index (χ1) is 10.0. The van der Waals surface area contributed by atoms with E-state index < -0.39 is 0 Å². The lowest BCUT2D eigenvalue weighted by Gasteiger charge is -2.26. The molecule has 1 aromatic rings. The zero-order valence-corrected chi connectivity index (χ0v) is 12.8. The van der Waals surface area contributed by atoms with Crippen LogP contribution < -0.4 is 16.0 Å². The van der Waals surface area contributed by atoms with Crippen LogP contribution in [0.1, 0.15) is 24.5 Å². The third-order valence-electron chi connectivity index (χ3n) is 2.98. The normalized spacial score (nSPS) is 10.9. The summed E-state index contributed by atoms with van der Waals surface area (Å²) >= 11 is 0. The number of anilines is 1. The molecule has 5 heteroatoms. The van der Waals surface area contributed by atoms with Crippen molar-refractivity contribution in [3.8, 4) is 12.3 Å². The smallest absolute Gasteiger partial charge is 0.328 e. The number of terminal acetylenes is 1. The summed E-state index contributed by atoms with van der Waals surface area (Å²) in [6, 6.07) is 5.63. The minimum atomic E-state index is -0.299. The number of hydrogen-bond donors (Lipinski definition) is 2. The van der Waals surface area contributed by atoms with E-state index in [9.17, 15) is 4.79 Å². The second kappa shape index (κ2) is 7.95. The number of benzene rings is 1. The molecule has 5 nitrogen and oxygen atoms in total.